The van der Waals surface area contributed by atoms with Gasteiger partial charge in [0, 0.05) is 6.07 Å². The number of aromatic carboxylic acids is 1. The number of carbonyl (C=O) groups is 1. The Morgan fingerprint density at radius 1 is 1.17 bits per heavy atom. The Labute approximate surface area is 139 Å². The lowest BCUT2D eigenvalue weighted by Gasteiger charge is -2.10. The number of hydrogen-bond acceptors (Lipinski definition) is 6. The molecule has 2 aromatic rings. The summed E-state index contributed by atoms with van der Waals surface area (Å²) in [5.74, 6) is -1.59. The number of benzene rings is 2. The highest BCUT2D eigenvalue weighted by Crippen LogP contribution is 2.25. The fourth-order valence-electron chi connectivity index (χ4n) is 2.04. The molecule has 0 aliphatic heterocycles. The largest absolute Gasteiger partial charge is 0.507 e. The zero-order valence-corrected chi connectivity index (χ0v) is 13.6. The third-order valence-corrected chi connectivity index (χ3v) is 4.94. The Hall–Kier alpha value is -2.74. The van der Waals surface area contributed by atoms with E-state index in [0.29, 0.717) is 0 Å². The number of para-hydroxylation sites is 1. The van der Waals surface area contributed by atoms with Crippen molar-refractivity contribution in [1.29, 1.82) is 0 Å². The van der Waals surface area contributed by atoms with Crippen LogP contribution in [0.5, 0.6) is 17.2 Å². The summed E-state index contributed by atoms with van der Waals surface area (Å²) in [4.78, 5) is 10.9. The van der Waals surface area contributed by atoms with Crippen LogP contribution < -0.4 is 9.47 Å². The van der Waals surface area contributed by atoms with Gasteiger partial charge < -0.3 is 19.7 Å². The van der Waals surface area contributed by atoms with Crippen molar-refractivity contribution in [3.05, 3.63) is 48.0 Å². The van der Waals surface area contributed by atoms with Crippen molar-refractivity contribution in [2.45, 2.75) is 4.90 Å². The van der Waals surface area contributed by atoms with Crippen LogP contribution in [0.4, 0.5) is 0 Å². The van der Waals surface area contributed by atoms with Crippen LogP contribution >= 0.6 is 0 Å². The maximum Gasteiger partial charge on any atom is 0.339 e. The predicted molar refractivity (Wildman–Crippen MR) is 85.6 cm³/mol. The summed E-state index contributed by atoms with van der Waals surface area (Å²) in [6, 6.07) is 9.91. The van der Waals surface area contributed by atoms with Gasteiger partial charge in [-0.15, -0.1) is 0 Å². The van der Waals surface area contributed by atoms with E-state index >= 15 is 0 Å². The van der Waals surface area contributed by atoms with E-state index in [2.05, 4.69) is 0 Å². The molecule has 0 aromatic heterocycles. The fraction of sp³-hybridized carbons (Fsp3) is 0.188. The van der Waals surface area contributed by atoms with Gasteiger partial charge in [0.15, 0.2) is 9.84 Å². The van der Waals surface area contributed by atoms with Crippen molar-refractivity contribution in [3.63, 3.8) is 0 Å². The van der Waals surface area contributed by atoms with Gasteiger partial charge in [0.05, 0.1) is 12.9 Å². The fourth-order valence-corrected chi connectivity index (χ4v) is 3.30. The molecule has 128 valence electrons. The summed E-state index contributed by atoms with van der Waals surface area (Å²) in [6.07, 6.45) is 0. The first-order chi connectivity index (χ1) is 11.3. The van der Waals surface area contributed by atoms with Crippen molar-refractivity contribution < 1.29 is 32.9 Å². The maximum atomic E-state index is 12.3. The van der Waals surface area contributed by atoms with Gasteiger partial charge in [-0.2, -0.15) is 0 Å². The number of hydrogen-bond donors (Lipinski definition) is 2. The molecule has 0 heterocycles. The van der Waals surface area contributed by atoms with Gasteiger partial charge in [-0.05, 0) is 24.3 Å². The number of carboxylic acids is 1. The van der Waals surface area contributed by atoms with Gasteiger partial charge >= 0.3 is 5.97 Å². The molecular weight excluding hydrogens is 336 g/mol. The van der Waals surface area contributed by atoms with Crippen molar-refractivity contribution in [2.75, 3.05) is 19.5 Å². The molecule has 0 fully saturated rings. The minimum Gasteiger partial charge on any atom is -0.507 e. The minimum absolute atomic E-state index is 0.0696. The maximum absolute atomic E-state index is 12.3. The first-order valence-electron chi connectivity index (χ1n) is 6.90. The Morgan fingerprint density at radius 3 is 2.50 bits per heavy atom. The molecule has 24 heavy (non-hydrogen) atoms. The second kappa shape index (κ2) is 7.22. The summed E-state index contributed by atoms with van der Waals surface area (Å²) in [7, 11) is -2.22. The highest BCUT2D eigenvalue weighted by atomic mass is 32.2. The van der Waals surface area contributed by atoms with Gasteiger partial charge in [-0.3, -0.25) is 0 Å². The first-order valence-corrected chi connectivity index (χ1v) is 8.55. The normalized spacial score (nSPS) is 11.0. The first kappa shape index (κ1) is 17.6. The summed E-state index contributed by atoms with van der Waals surface area (Å²) >= 11 is 0. The van der Waals surface area contributed by atoms with E-state index < -0.39 is 21.6 Å². The number of rotatable bonds is 7. The van der Waals surface area contributed by atoms with Crippen molar-refractivity contribution in [1.82, 2.24) is 0 Å². The SMILES string of the molecule is COc1ccccc1S(=O)(=O)CCOc1ccc(C(=O)O)c(O)c1. The molecule has 0 saturated heterocycles. The smallest absolute Gasteiger partial charge is 0.339 e. The molecule has 0 atom stereocenters. The van der Waals surface area contributed by atoms with Crippen LogP contribution in [0.3, 0.4) is 0 Å². The summed E-state index contributed by atoms with van der Waals surface area (Å²) in [5, 5.41) is 18.4. The average molecular weight is 352 g/mol. The van der Waals surface area contributed by atoms with E-state index in [4.69, 9.17) is 14.6 Å². The molecule has 2 rings (SSSR count). The standard InChI is InChI=1S/C16H16O7S/c1-22-14-4-2-3-5-15(14)24(20,21)9-8-23-11-6-7-12(16(18)19)13(17)10-11/h2-7,10,17H,8-9H2,1H3,(H,18,19). The molecule has 0 saturated carbocycles. The molecule has 0 aliphatic carbocycles. The van der Waals surface area contributed by atoms with Gasteiger partial charge in [-0.25, -0.2) is 13.2 Å². The van der Waals surface area contributed by atoms with Crippen LogP contribution in [0.25, 0.3) is 0 Å². The monoisotopic (exact) mass is 352 g/mol. The number of sulfone groups is 1. The predicted octanol–water partition coefficient (Wildman–Crippen LogP) is 1.95. The second-order valence-electron chi connectivity index (χ2n) is 4.80. The van der Waals surface area contributed by atoms with E-state index in [0.717, 1.165) is 6.07 Å². The van der Waals surface area contributed by atoms with Crippen LogP contribution in [0, 0.1) is 0 Å². The average Bonchev–Trinajstić information content (AvgIpc) is 2.54. The van der Waals surface area contributed by atoms with Crippen LogP contribution in [-0.4, -0.2) is 44.1 Å². The van der Waals surface area contributed by atoms with Gasteiger partial charge in [0.1, 0.15) is 34.3 Å². The number of carboxylic acid groups (broad SMARTS) is 1. The highest BCUT2D eigenvalue weighted by Gasteiger charge is 2.19. The number of methoxy groups -OCH3 is 1. The van der Waals surface area contributed by atoms with Crippen LogP contribution in [-0.2, 0) is 9.84 Å². The summed E-state index contributed by atoms with van der Waals surface area (Å²) in [5.41, 5.74) is -0.260. The van der Waals surface area contributed by atoms with Crippen LogP contribution in [0.1, 0.15) is 10.4 Å². The second-order valence-corrected chi connectivity index (χ2v) is 6.88. The van der Waals surface area contributed by atoms with Gasteiger partial charge in [-0.1, -0.05) is 12.1 Å². The van der Waals surface area contributed by atoms with Crippen molar-refractivity contribution in [2.24, 2.45) is 0 Å². The molecule has 7 nitrogen and oxygen atoms in total. The van der Waals surface area contributed by atoms with E-state index in [-0.39, 0.29) is 34.3 Å². The molecule has 2 N–H and O–H groups in total. The summed E-state index contributed by atoms with van der Waals surface area (Å²) in [6.45, 7) is -0.160. The third-order valence-electron chi connectivity index (χ3n) is 3.22. The molecule has 0 bridgehead atoms. The number of ether oxygens (including phenoxy) is 2. The van der Waals surface area contributed by atoms with Crippen LogP contribution in [0.15, 0.2) is 47.4 Å². The van der Waals surface area contributed by atoms with Crippen molar-refractivity contribution in [3.8, 4) is 17.2 Å². The molecule has 2 aromatic carbocycles. The van der Waals surface area contributed by atoms with Gasteiger partial charge in [0.2, 0.25) is 0 Å². The molecular formula is C16H16O7S. The van der Waals surface area contributed by atoms with Gasteiger partial charge in [0.25, 0.3) is 0 Å². The highest BCUT2D eigenvalue weighted by molar-refractivity contribution is 7.91. The van der Waals surface area contributed by atoms with Crippen molar-refractivity contribution >= 4 is 15.8 Å². The molecule has 8 heteroatoms. The Bertz CT molecular complexity index is 843. The Morgan fingerprint density at radius 2 is 1.88 bits per heavy atom. The molecule has 0 spiro atoms. The topological polar surface area (TPSA) is 110 Å². The molecule has 0 amide bonds. The number of phenols is 1. The Balaban J connectivity index is 2.06. The van der Waals surface area contributed by atoms with E-state index in [1.165, 1.54) is 25.3 Å². The Kier molecular flexibility index (Phi) is 5.30. The minimum atomic E-state index is -3.61. The lowest BCUT2D eigenvalue weighted by atomic mass is 10.2. The summed E-state index contributed by atoms with van der Waals surface area (Å²) < 4.78 is 35.0. The lowest BCUT2D eigenvalue weighted by Crippen LogP contribution is -2.15. The third kappa shape index (κ3) is 3.96. The lowest BCUT2D eigenvalue weighted by molar-refractivity contribution is 0.0693. The van der Waals surface area contributed by atoms with E-state index in [9.17, 15) is 18.3 Å². The zero-order chi connectivity index (χ0) is 17.7. The zero-order valence-electron chi connectivity index (χ0n) is 12.8. The quantitative estimate of drug-likeness (QED) is 0.783. The van der Waals surface area contributed by atoms with E-state index in [1.54, 1.807) is 18.2 Å². The van der Waals surface area contributed by atoms with E-state index in [1.807, 2.05) is 0 Å². The van der Waals surface area contributed by atoms with Crippen LogP contribution in [0.2, 0.25) is 0 Å². The molecule has 0 radical (unpaired) electrons. The molecule has 0 aliphatic rings. The number of aromatic hydroxyl groups is 1. The molecule has 0 unspecified atom stereocenters.